The molecule has 0 bridgehead atoms. The van der Waals surface area contributed by atoms with E-state index in [0.717, 1.165) is 22.0 Å². The van der Waals surface area contributed by atoms with Gasteiger partial charge in [0.25, 0.3) is 0 Å². The van der Waals surface area contributed by atoms with Crippen LogP contribution in [0.1, 0.15) is 17.5 Å². The molecular formula is C11H13NO3S. The second kappa shape index (κ2) is 4.78. The Morgan fingerprint density at radius 2 is 2.12 bits per heavy atom. The predicted molar refractivity (Wildman–Crippen MR) is 61.3 cm³/mol. The van der Waals surface area contributed by atoms with E-state index in [9.17, 15) is 0 Å². The number of rotatable bonds is 4. The average Bonchev–Trinajstić information content (AvgIpc) is 2.89. The third-order valence-corrected chi connectivity index (χ3v) is 3.11. The van der Waals surface area contributed by atoms with Crippen LogP contribution >= 0.6 is 11.3 Å². The van der Waals surface area contributed by atoms with Gasteiger partial charge in [0.2, 0.25) is 6.29 Å². The summed E-state index contributed by atoms with van der Waals surface area (Å²) in [5, 5.41) is 2.76. The molecule has 0 amide bonds. The number of hydrogen-bond donors (Lipinski definition) is 0. The molecular weight excluding hydrogens is 226 g/mol. The Morgan fingerprint density at radius 1 is 1.38 bits per heavy atom. The standard InChI is InChI=1S/C11H13NO3S/c1-7-4-5-15-9(7)10-12-8(6-16-10)11(13-2)14-3/h4-6,11H,1-3H3. The molecule has 0 unspecified atom stereocenters. The molecule has 0 aliphatic rings. The van der Waals surface area contributed by atoms with Crippen LogP contribution in [-0.2, 0) is 9.47 Å². The number of thiazole rings is 1. The van der Waals surface area contributed by atoms with Crippen molar-refractivity contribution in [3.8, 4) is 10.8 Å². The number of aryl methyl sites for hydroxylation is 1. The van der Waals surface area contributed by atoms with Crippen LogP contribution in [0, 0.1) is 6.92 Å². The van der Waals surface area contributed by atoms with Crippen molar-refractivity contribution < 1.29 is 13.9 Å². The predicted octanol–water partition coefficient (Wildman–Crippen LogP) is 3.00. The fourth-order valence-electron chi connectivity index (χ4n) is 1.43. The molecule has 4 nitrogen and oxygen atoms in total. The van der Waals surface area contributed by atoms with Crippen molar-refractivity contribution in [2.24, 2.45) is 0 Å². The van der Waals surface area contributed by atoms with Crippen LogP contribution in [0.2, 0.25) is 0 Å². The van der Waals surface area contributed by atoms with E-state index in [1.807, 2.05) is 18.4 Å². The second-order valence-corrected chi connectivity index (χ2v) is 4.17. The van der Waals surface area contributed by atoms with Gasteiger partial charge in [0.15, 0.2) is 10.8 Å². The summed E-state index contributed by atoms with van der Waals surface area (Å²) in [6, 6.07) is 1.92. The normalized spacial score (nSPS) is 11.2. The first kappa shape index (κ1) is 11.3. The molecule has 0 aliphatic carbocycles. The van der Waals surface area contributed by atoms with Gasteiger partial charge in [-0.05, 0) is 18.6 Å². The van der Waals surface area contributed by atoms with E-state index in [4.69, 9.17) is 13.9 Å². The monoisotopic (exact) mass is 239 g/mol. The molecule has 0 radical (unpaired) electrons. The van der Waals surface area contributed by atoms with Gasteiger partial charge in [0.05, 0.1) is 6.26 Å². The van der Waals surface area contributed by atoms with Gasteiger partial charge in [-0.1, -0.05) is 0 Å². The largest absolute Gasteiger partial charge is 0.462 e. The van der Waals surface area contributed by atoms with Crippen LogP contribution in [-0.4, -0.2) is 19.2 Å². The van der Waals surface area contributed by atoms with E-state index < -0.39 is 6.29 Å². The fourth-order valence-corrected chi connectivity index (χ4v) is 2.30. The van der Waals surface area contributed by atoms with Crippen LogP contribution < -0.4 is 0 Å². The highest BCUT2D eigenvalue weighted by atomic mass is 32.1. The number of ether oxygens (including phenoxy) is 2. The van der Waals surface area contributed by atoms with Crippen molar-refractivity contribution in [1.29, 1.82) is 0 Å². The molecule has 0 atom stereocenters. The van der Waals surface area contributed by atoms with Gasteiger partial charge in [-0.2, -0.15) is 0 Å². The molecule has 2 rings (SSSR count). The smallest absolute Gasteiger partial charge is 0.201 e. The quantitative estimate of drug-likeness (QED) is 0.769. The van der Waals surface area contributed by atoms with Crippen LogP contribution in [0.25, 0.3) is 10.8 Å². The maximum absolute atomic E-state index is 5.38. The number of nitrogens with zero attached hydrogens (tertiary/aromatic N) is 1. The lowest BCUT2D eigenvalue weighted by Crippen LogP contribution is -2.03. The molecule has 0 N–H and O–H groups in total. The van der Waals surface area contributed by atoms with E-state index >= 15 is 0 Å². The Kier molecular flexibility index (Phi) is 3.38. The summed E-state index contributed by atoms with van der Waals surface area (Å²) >= 11 is 1.52. The zero-order valence-electron chi connectivity index (χ0n) is 9.39. The lowest BCUT2D eigenvalue weighted by Gasteiger charge is -2.09. The van der Waals surface area contributed by atoms with Crippen molar-refractivity contribution in [2.45, 2.75) is 13.2 Å². The summed E-state index contributed by atoms with van der Waals surface area (Å²) < 4.78 is 15.7. The highest BCUT2D eigenvalue weighted by molar-refractivity contribution is 7.13. The van der Waals surface area contributed by atoms with Crippen molar-refractivity contribution >= 4 is 11.3 Å². The zero-order chi connectivity index (χ0) is 11.5. The first-order valence-corrected chi connectivity index (χ1v) is 5.69. The maximum Gasteiger partial charge on any atom is 0.201 e. The zero-order valence-corrected chi connectivity index (χ0v) is 10.2. The Morgan fingerprint density at radius 3 is 2.69 bits per heavy atom. The molecule has 0 fully saturated rings. The lowest BCUT2D eigenvalue weighted by molar-refractivity contribution is -0.108. The van der Waals surface area contributed by atoms with Gasteiger partial charge >= 0.3 is 0 Å². The average molecular weight is 239 g/mol. The highest BCUT2D eigenvalue weighted by Crippen LogP contribution is 2.30. The van der Waals surface area contributed by atoms with Crippen molar-refractivity contribution in [3.05, 3.63) is 29.0 Å². The lowest BCUT2D eigenvalue weighted by atomic mass is 10.3. The molecule has 86 valence electrons. The Labute approximate surface area is 97.8 Å². The minimum absolute atomic E-state index is 0.416. The Hall–Kier alpha value is -1.17. The third kappa shape index (κ3) is 2.02. The van der Waals surface area contributed by atoms with E-state index in [-0.39, 0.29) is 0 Å². The number of furan rings is 1. The minimum atomic E-state index is -0.416. The van der Waals surface area contributed by atoms with Gasteiger partial charge in [-0.3, -0.25) is 0 Å². The molecule has 0 aromatic carbocycles. The van der Waals surface area contributed by atoms with Crippen LogP contribution in [0.15, 0.2) is 22.1 Å². The summed E-state index contributed by atoms with van der Waals surface area (Å²) in [4.78, 5) is 4.43. The maximum atomic E-state index is 5.38. The third-order valence-electron chi connectivity index (χ3n) is 2.25. The van der Waals surface area contributed by atoms with Crippen molar-refractivity contribution in [3.63, 3.8) is 0 Å². The van der Waals surface area contributed by atoms with Gasteiger partial charge in [-0.25, -0.2) is 4.98 Å². The highest BCUT2D eigenvalue weighted by Gasteiger charge is 2.16. The van der Waals surface area contributed by atoms with Crippen LogP contribution in [0.3, 0.4) is 0 Å². The van der Waals surface area contributed by atoms with Gasteiger partial charge in [0, 0.05) is 19.6 Å². The fraction of sp³-hybridized carbons (Fsp3) is 0.364. The molecule has 16 heavy (non-hydrogen) atoms. The van der Waals surface area contributed by atoms with Crippen molar-refractivity contribution in [1.82, 2.24) is 4.98 Å². The molecule has 5 heteroatoms. The first-order chi connectivity index (χ1) is 7.76. The summed E-state index contributed by atoms with van der Waals surface area (Å²) in [6.07, 6.45) is 1.25. The summed E-state index contributed by atoms with van der Waals surface area (Å²) in [7, 11) is 3.18. The molecule has 2 aromatic rings. The van der Waals surface area contributed by atoms with Crippen molar-refractivity contribution in [2.75, 3.05) is 14.2 Å². The first-order valence-electron chi connectivity index (χ1n) is 4.81. The number of methoxy groups -OCH3 is 2. The van der Waals surface area contributed by atoms with E-state index in [1.165, 1.54) is 11.3 Å². The summed E-state index contributed by atoms with van der Waals surface area (Å²) in [6.45, 7) is 1.99. The van der Waals surface area contributed by atoms with Gasteiger partial charge in [0.1, 0.15) is 5.69 Å². The number of aromatic nitrogens is 1. The molecule has 0 saturated heterocycles. The SMILES string of the molecule is COC(OC)c1csc(-c2occc2C)n1. The van der Waals surface area contributed by atoms with Crippen LogP contribution in [0.5, 0.6) is 0 Å². The van der Waals surface area contributed by atoms with E-state index in [0.29, 0.717) is 0 Å². The topological polar surface area (TPSA) is 44.5 Å². The molecule has 0 spiro atoms. The Balaban J connectivity index is 2.29. The van der Waals surface area contributed by atoms with E-state index in [2.05, 4.69) is 4.98 Å². The number of hydrogen-bond acceptors (Lipinski definition) is 5. The minimum Gasteiger partial charge on any atom is -0.462 e. The molecule has 0 aliphatic heterocycles. The molecule has 2 aromatic heterocycles. The molecule has 0 saturated carbocycles. The summed E-state index contributed by atoms with van der Waals surface area (Å²) in [5.74, 6) is 0.808. The van der Waals surface area contributed by atoms with Gasteiger partial charge < -0.3 is 13.9 Å². The van der Waals surface area contributed by atoms with Crippen LogP contribution in [0.4, 0.5) is 0 Å². The molecule has 2 heterocycles. The van der Waals surface area contributed by atoms with E-state index in [1.54, 1.807) is 20.5 Å². The Bertz CT molecular complexity index is 459. The summed E-state index contributed by atoms with van der Waals surface area (Å²) in [5.41, 5.74) is 1.84. The van der Waals surface area contributed by atoms with Gasteiger partial charge in [-0.15, -0.1) is 11.3 Å². The second-order valence-electron chi connectivity index (χ2n) is 3.31.